The Kier molecular flexibility index (Phi) is 5.29. The minimum Gasteiger partial charge on any atom is -0.439 e. The van der Waals surface area contributed by atoms with Crippen molar-refractivity contribution in [3.63, 3.8) is 0 Å². The number of hydrogen-bond donors (Lipinski definition) is 1. The Morgan fingerprint density at radius 2 is 1.86 bits per heavy atom. The van der Waals surface area contributed by atoms with Gasteiger partial charge in [0.25, 0.3) is 5.91 Å². The van der Waals surface area contributed by atoms with Crippen LogP contribution in [0.5, 0.6) is 11.6 Å². The van der Waals surface area contributed by atoms with Crippen LogP contribution in [0.4, 0.5) is 5.69 Å². The van der Waals surface area contributed by atoms with Crippen molar-refractivity contribution in [2.45, 2.75) is 0 Å². The topological polar surface area (TPSA) is 81.9 Å². The highest BCUT2D eigenvalue weighted by molar-refractivity contribution is 14.1. The summed E-state index contributed by atoms with van der Waals surface area (Å²) in [5.41, 5.74) is 1.31. The molecule has 138 valence electrons. The van der Waals surface area contributed by atoms with Crippen LogP contribution in [0.15, 0.2) is 79.4 Å². The number of hydrogen-bond acceptors (Lipinski definition) is 5. The first-order valence-corrected chi connectivity index (χ1v) is 9.43. The van der Waals surface area contributed by atoms with Gasteiger partial charge in [-0.1, -0.05) is 12.1 Å². The molecule has 0 aliphatic heterocycles. The molecule has 0 atom stereocenters. The van der Waals surface area contributed by atoms with Gasteiger partial charge in [0.1, 0.15) is 12.1 Å². The lowest BCUT2D eigenvalue weighted by atomic mass is 10.2. The van der Waals surface area contributed by atoms with Crippen LogP contribution in [0.25, 0.3) is 5.82 Å². The van der Waals surface area contributed by atoms with E-state index in [0.717, 1.165) is 3.57 Å². The highest BCUT2D eigenvalue weighted by Gasteiger charge is 2.10. The summed E-state index contributed by atoms with van der Waals surface area (Å²) in [5, 5.41) is 7.02. The molecule has 0 unspecified atom stereocenters. The van der Waals surface area contributed by atoms with Crippen molar-refractivity contribution in [2.75, 3.05) is 5.32 Å². The fourth-order valence-corrected chi connectivity index (χ4v) is 3.12. The first kappa shape index (κ1) is 18.1. The predicted octanol–water partition coefficient (Wildman–Crippen LogP) is 4.31. The average Bonchev–Trinajstić information content (AvgIpc) is 3.25. The lowest BCUT2D eigenvalue weighted by Gasteiger charge is -2.09. The molecule has 0 aliphatic carbocycles. The van der Waals surface area contributed by atoms with Crippen molar-refractivity contribution < 1.29 is 9.53 Å². The first-order valence-electron chi connectivity index (χ1n) is 8.35. The Morgan fingerprint density at radius 3 is 2.61 bits per heavy atom. The number of halogens is 1. The maximum atomic E-state index is 12.4. The van der Waals surface area contributed by atoms with Gasteiger partial charge in [-0.25, -0.2) is 14.6 Å². The SMILES string of the molecule is O=C(Nc1ccc(Oc2cc(-n3cccn3)ncn2)cc1)c1ccccc1I. The maximum Gasteiger partial charge on any atom is 0.256 e. The monoisotopic (exact) mass is 483 g/mol. The minimum atomic E-state index is -0.154. The summed E-state index contributed by atoms with van der Waals surface area (Å²) in [4.78, 5) is 20.7. The van der Waals surface area contributed by atoms with Crippen LogP contribution < -0.4 is 10.1 Å². The highest BCUT2D eigenvalue weighted by atomic mass is 127. The molecule has 2 aromatic carbocycles. The van der Waals surface area contributed by atoms with E-state index < -0.39 is 0 Å². The second-order valence-electron chi connectivity index (χ2n) is 5.73. The third-order valence-corrected chi connectivity index (χ3v) is 4.76. The molecule has 8 heteroatoms. The fraction of sp³-hybridized carbons (Fsp3) is 0. The molecule has 1 amide bonds. The molecule has 0 fully saturated rings. The number of nitrogens with zero attached hydrogens (tertiary/aromatic N) is 4. The second kappa shape index (κ2) is 8.17. The average molecular weight is 483 g/mol. The molecule has 7 nitrogen and oxygen atoms in total. The van der Waals surface area contributed by atoms with Crippen molar-refractivity contribution >= 4 is 34.2 Å². The van der Waals surface area contributed by atoms with E-state index >= 15 is 0 Å². The summed E-state index contributed by atoms with van der Waals surface area (Å²) in [7, 11) is 0. The molecule has 1 N–H and O–H groups in total. The zero-order valence-electron chi connectivity index (χ0n) is 14.5. The molecule has 0 saturated carbocycles. The van der Waals surface area contributed by atoms with E-state index in [1.807, 2.05) is 24.3 Å². The number of amides is 1. The summed E-state index contributed by atoms with van der Waals surface area (Å²) in [6.07, 6.45) is 4.88. The number of carbonyl (C=O) groups excluding carboxylic acids is 1. The Morgan fingerprint density at radius 1 is 1.04 bits per heavy atom. The maximum absolute atomic E-state index is 12.4. The van der Waals surface area contributed by atoms with Gasteiger partial charge in [0.2, 0.25) is 5.88 Å². The van der Waals surface area contributed by atoms with Crippen molar-refractivity contribution in [1.29, 1.82) is 0 Å². The van der Waals surface area contributed by atoms with Gasteiger partial charge in [-0.3, -0.25) is 4.79 Å². The zero-order valence-corrected chi connectivity index (χ0v) is 16.6. The van der Waals surface area contributed by atoms with Crippen LogP contribution in [0.3, 0.4) is 0 Å². The van der Waals surface area contributed by atoms with Gasteiger partial charge in [-0.2, -0.15) is 5.10 Å². The first-order chi connectivity index (χ1) is 13.7. The van der Waals surface area contributed by atoms with Gasteiger partial charge < -0.3 is 10.1 Å². The number of anilines is 1. The lowest BCUT2D eigenvalue weighted by molar-refractivity contribution is 0.102. The van der Waals surface area contributed by atoms with Crippen molar-refractivity contribution in [1.82, 2.24) is 19.7 Å². The molecule has 4 aromatic rings. The van der Waals surface area contributed by atoms with Gasteiger partial charge in [-0.15, -0.1) is 0 Å². The van der Waals surface area contributed by atoms with Crippen molar-refractivity contribution in [2.24, 2.45) is 0 Å². The van der Waals surface area contributed by atoms with Crippen LogP contribution >= 0.6 is 22.6 Å². The normalized spacial score (nSPS) is 10.5. The van der Waals surface area contributed by atoms with E-state index in [2.05, 4.69) is 43.0 Å². The minimum absolute atomic E-state index is 0.154. The van der Waals surface area contributed by atoms with Crippen LogP contribution in [0.1, 0.15) is 10.4 Å². The van der Waals surface area contributed by atoms with Gasteiger partial charge in [0.05, 0.1) is 5.56 Å². The molecule has 0 spiro atoms. The van der Waals surface area contributed by atoms with Gasteiger partial charge >= 0.3 is 0 Å². The smallest absolute Gasteiger partial charge is 0.256 e. The standard InChI is InChI=1S/C20H14IN5O2/c21-17-5-2-1-4-16(17)20(27)25-14-6-8-15(9-7-14)28-19-12-18(22-13-23-19)26-11-3-10-24-26/h1-13H,(H,25,27). The second-order valence-corrected chi connectivity index (χ2v) is 6.89. The van der Waals surface area contributed by atoms with Crippen LogP contribution in [0, 0.1) is 3.57 Å². The Hall–Kier alpha value is -3.27. The molecule has 0 bridgehead atoms. The van der Waals surface area contributed by atoms with Crippen molar-refractivity contribution in [3.05, 3.63) is 88.5 Å². The number of aromatic nitrogens is 4. The third kappa shape index (κ3) is 4.17. The largest absolute Gasteiger partial charge is 0.439 e. The van der Waals surface area contributed by atoms with E-state index in [4.69, 9.17) is 4.74 Å². The molecule has 0 saturated heterocycles. The summed E-state index contributed by atoms with van der Waals surface area (Å²) < 4.78 is 8.30. The van der Waals surface area contributed by atoms with Gasteiger partial charge in [0, 0.05) is 27.7 Å². The zero-order chi connectivity index (χ0) is 19.3. The van der Waals surface area contributed by atoms with E-state index in [1.54, 1.807) is 53.5 Å². The van der Waals surface area contributed by atoms with Gasteiger partial charge in [0.15, 0.2) is 5.82 Å². The number of benzene rings is 2. The summed E-state index contributed by atoms with van der Waals surface area (Å²) in [6, 6.07) is 18.0. The molecule has 0 radical (unpaired) electrons. The summed E-state index contributed by atoms with van der Waals surface area (Å²) >= 11 is 2.14. The summed E-state index contributed by atoms with van der Waals surface area (Å²) in [5.74, 6) is 1.45. The Balaban J connectivity index is 1.45. The molecule has 0 aliphatic rings. The van der Waals surface area contributed by atoms with E-state index in [9.17, 15) is 4.79 Å². The van der Waals surface area contributed by atoms with Gasteiger partial charge in [-0.05, 0) is 65.1 Å². The number of ether oxygens (including phenoxy) is 1. The van der Waals surface area contributed by atoms with Crippen molar-refractivity contribution in [3.8, 4) is 17.4 Å². The van der Waals surface area contributed by atoms with E-state index in [-0.39, 0.29) is 5.91 Å². The quantitative estimate of drug-likeness (QED) is 0.428. The number of carbonyl (C=O) groups is 1. The van der Waals surface area contributed by atoms with Crippen LogP contribution in [-0.2, 0) is 0 Å². The molecule has 28 heavy (non-hydrogen) atoms. The lowest BCUT2D eigenvalue weighted by Crippen LogP contribution is -2.13. The number of rotatable bonds is 5. The predicted molar refractivity (Wildman–Crippen MR) is 113 cm³/mol. The fourth-order valence-electron chi connectivity index (χ4n) is 2.49. The molecular formula is C20H14IN5O2. The Labute approximate surface area is 174 Å². The molecular weight excluding hydrogens is 469 g/mol. The Bertz CT molecular complexity index is 1100. The van der Waals surface area contributed by atoms with Crippen LogP contribution in [-0.4, -0.2) is 25.7 Å². The van der Waals surface area contributed by atoms with E-state index in [1.165, 1.54) is 6.33 Å². The number of nitrogens with one attached hydrogen (secondary N) is 1. The third-order valence-electron chi connectivity index (χ3n) is 3.82. The molecule has 2 heterocycles. The highest BCUT2D eigenvalue weighted by Crippen LogP contribution is 2.23. The van der Waals surface area contributed by atoms with Crippen LogP contribution in [0.2, 0.25) is 0 Å². The summed E-state index contributed by atoms with van der Waals surface area (Å²) in [6.45, 7) is 0. The van der Waals surface area contributed by atoms with E-state index in [0.29, 0.717) is 28.7 Å². The molecule has 2 aromatic heterocycles. The molecule has 4 rings (SSSR count).